The summed E-state index contributed by atoms with van der Waals surface area (Å²) in [5.74, 6) is 0.357. The van der Waals surface area contributed by atoms with Crippen LogP contribution in [0.25, 0.3) is 0 Å². The van der Waals surface area contributed by atoms with Gasteiger partial charge < -0.3 is 10.0 Å². The van der Waals surface area contributed by atoms with Crippen LogP contribution in [0.4, 0.5) is 0 Å². The summed E-state index contributed by atoms with van der Waals surface area (Å²) >= 11 is 3.36. The number of hydrogen-bond donors (Lipinski definition) is 1. The van der Waals surface area contributed by atoms with Gasteiger partial charge in [-0.05, 0) is 18.8 Å². The first kappa shape index (κ1) is 12.0. The molecule has 3 unspecified atom stereocenters. The monoisotopic (exact) mass is 263 g/mol. The van der Waals surface area contributed by atoms with Gasteiger partial charge in [-0.15, -0.1) is 0 Å². The molecule has 3 atom stereocenters. The molecule has 0 aliphatic carbocycles. The van der Waals surface area contributed by atoms with Gasteiger partial charge in [0, 0.05) is 13.1 Å². The molecular weight excluding hydrogens is 246 g/mol. The van der Waals surface area contributed by atoms with E-state index in [0.717, 1.165) is 6.42 Å². The van der Waals surface area contributed by atoms with E-state index in [0.29, 0.717) is 19.5 Å². The highest BCUT2D eigenvalue weighted by Crippen LogP contribution is 2.19. The average Bonchev–Trinajstić information content (AvgIpc) is 2.20. The van der Waals surface area contributed by atoms with Crippen LogP contribution in [0.15, 0.2) is 0 Å². The van der Waals surface area contributed by atoms with Crippen molar-refractivity contribution >= 4 is 21.8 Å². The van der Waals surface area contributed by atoms with Crippen molar-refractivity contribution in [2.45, 2.75) is 37.6 Å². The second-order valence-electron chi connectivity index (χ2n) is 3.99. The molecule has 4 heteroatoms. The molecule has 0 saturated carbocycles. The van der Waals surface area contributed by atoms with Crippen LogP contribution in [-0.4, -0.2) is 39.9 Å². The van der Waals surface area contributed by atoms with Crippen molar-refractivity contribution < 1.29 is 9.90 Å². The fraction of sp³-hybridized carbons (Fsp3) is 0.900. The summed E-state index contributed by atoms with van der Waals surface area (Å²) in [6, 6.07) is 0. The van der Waals surface area contributed by atoms with Gasteiger partial charge in [0.1, 0.15) is 0 Å². The summed E-state index contributed by atoms with van der Waals surface area (Å²) in [5, 5.41) is 9.52. The number of carbonyl (C=O) groups excluding carboxylic acids is 1. The first-order valence-corrected chi connectivity index (χ1v) is 6.08. The third kappa shape index (κ3) is 2.70. The lowest BCUT2D eigenvalue weighted by molar-refractivity contribution is -0.134. The van der Waals surface area contributed by atoms with Crippen LogP contribution in [0.1, 0.15) is 26.7 Å². The summed E-state index contributed by atoms with van der Waals surface area (Å²) < 4.78 is 0. The Morgan fingerprint density at radius 1 is 1.71 bits per heavy atom. The largest absolute Gasteiger partial charge is 0.393 e. The van der Waals surface area contributed by atoms with E-state index < -0.39 is 0 Å². The lowest BCUT2D eigenvalue weighted by Gasteiger charge is -2.35. The Hall–Kier alpha value is -0.0900. The number of carbonyl (C=O) groups is 1. The fourth-order valence-corrected chi connectivity index (χ4v) is 2.00. The minimum Gasteiger partial charge on any atom is -0.393 e. The minimum atomic E-state index is -0.241. The summed E-state index contributed by atoms with van der Waals surface area (Å²) in [6.45, 7) is 5.34. The van der Waals surface area contributed by atoms with Gasteiger partial charge in [0.25, 0.3) is 0 Å². The molecule has 0 radical (unpaired) electrons. The van der Waals surface area contributed by atoms with E-state index in [-0.39, 0.29) is 22.8 Å². The Bertz CT molecular complexity index is 210. The number of nitrogens with zero attached hydrogens (tertiary/aromatic N) is 1. The maximum absolute atomic E-state index is 11.8. The summed E-state index contributed by atoms with van der Waals surface area (Å²) in [4.78, 5) is 13.6. The van der Waals surface area contributed by atoms with E-state index in [1.807, 2.05) is 18.7 Å². The highest BCUT2D eigenvalue weighted by atomic mass is 79.9. The third-order valence-electron chi connectivity index (χ3n) is 2.80. The van der Waals surface area contributed by atoms with E-state index in [9.17, 15) is 9.90 Å². The number of rotatable bonds is 2. The van der Waals surface area contributed by atoms with Crippen molar-refractivity contribution in [3.8, 4) is 0 Å². The van der Waals surface area contributed by atoms with Crippen LogP contribution in [0.3, 0.4) is 0 Å². The van der Waals surface area contributed by atoms with Crippen LogP contribution in [0.5, 0.6) is 0 Å². The highest BCUT2D eigenvalue weighted by Gasteiger charge is 2.29. The van der Waals surface area contributed by atoms with Crippen LogP contribution in [0, 0.1) is 5.92 Å². The van der Waals surface area contributed by atoms with Crippen LogP contribution in [0.2, 0.25) is 0 Å². The number of halogens is 1. The normalized spacial score (nSPS) is 30.1. The molecule has 0 aromatic carbocycles. The van der Waals surface area contributed by atoms with E-state index in [2.05, 4.69) is 15.9 Å². The molecule has 1 heterocycles. The number of hydrogen-bond acceptors (Lipinski definition) is 2. The van der Waals surface area contributed by atoms with Gasteiger partial charge in [-0.2, -0.15) is 0 Å². The standard InChI is InChI=1S/C10H18BrNO2/c1-3-8(11)10(14)12-5-4-9(13)7(2)6-12/h7-9,13H,3-6H2,1-2H3. The predicted octanol–water partition coefficient (Wildman–Crippen LogP) is 1.39. The van der Waals surface area contributed by atoms with E-state index in [1.54, 1.807) is 0 Å². The molecule has 0 bridgehead atoms. The molecule has 1 aliphatic rings. The number of piperidine rings is 1. The van der Waals surface area contributed by atoms with Gasteiger partial charge in [0.2, 0.25) is 5.91 Å². The molecule has 0 aromatic heterocycles. The first-order chi connectivity index (χ1) is 6.56. The van der Waals surface area contributed by atoms with Crippen molar-refractivity contribution in [1.82, 2.24) is 4.90 Å². The summed E-state index contributed by atoms with van der Waals surface area (Å²) in [6.07, 6.45) is 1.28. The molecular formula is C10H18BrNO2. The molecule has 0 spiro atoms. The first-order valence-electron chi connectivity index (χ1n) is 5.17. The van der Waals surface area contributed by atoms with Crippen LogP contribution in [-0.2, 0) is 4.79 Å². The molecule has 1 saturated heterocycles. The molecule has 1 fully saturated rings. The Morgan fingerprint density at radius 2 is 2.36 bits per heavy atom. The maximum atomic E-state index is 11.8. The van der Waals surface area contributed by atoms with Gasteiger partial charge >= 0.3 is 0 Å². The zero-order chi connectivity index (χ0) is 10.7. The molecule has 0 aromatic rings. The minimum absolute atomic E-state index is 0.0649. The summed E-state index contributed by atoms with van der Waals surface area (Å²) in [5.41, 5.74) is 0. The van der Waals surface area contributed by atoms with E-state index in [4.69, 9.17) is 0 Å². The van der Waals surface area contributed by atoms with Crippen molar-refractivity contribution in [3.05, 3.63) is 0 Å². The topological polar surface area (TPSA) is 40.5 Å². The average molecular weight is 264 g/mol. The second kappa shape index (κ2) is 5.12. The molecule has 82 valence electrons. The number of amides is 1. The van der Waals surface area contributed by atoms with Gasteiger partial charge in [-0.1, -0.05) is 29.8 Å². The molecule has 1 aliphatic heterocycles. The smallest absolute Gasteiger partial charge is 0.236 e. The third-order valence-corrected chi connectivity index (χ3v) is 3.84. The molecule has 1 amide bonds. The Labute approximate surface area is 93.6 Å². The number of likely N-dealkylation sites (tertiary alicyclic amines) is 1. The second-order valence-corrected chi connectivity index (χ2v) is 5.10. The molecule has 3 nitrogen and oxygen atoms in total. The number of alkyl halides is 1. The van der Waals surface area contributed by atoms with E-state index in [1.165, 1.54) is 0 Å². The number of aliphatic hydroxyl groups is 1. The quantitative estimate of drug-likeness (QED) is 0.766. The fourth-order valence-electron chi connectivity index (χ4n) is 1.71. The molecule has 14 heavy (non-hydrogen) atoms. The maximum Gasteiger partial charge on any atom is 0.236 e. The van der Waals surface area contributed by atoms with Crippen LogP contribution < -0.4 is 0 Å². The van der Waals surface area contributed by atoms with Crippen molar-refractivity contribution in [2.24, 2.45) is 5.92 Å². The SMILES string of the molecule is CCC(Br)C(=O)N1CCC(O)C(C)C1. The van der Waals surface area contributed by atoms with Crippen molar-refractivity contribution in [2.75, 3.05) is 13.1 Å². The molecule has 1 N–H and O–H groups in total. The Morgan fingerprint density at radius 3 is 2.86 bits per heavy atom. The number of aliphatic hydroxyl groups excluding tert-OH is 1. The van der Waals surface area contributed by atoms with Gasteiger partial charge in [-0.25, -0.2) is 0 Å². The van der Waals surface area contributed by atoms with Gasteiger partial charge in [0.15, 0.2) is 0 Å². The van der Waals surface area contributed by atoms with Crippen LogP contribution >= 0.6 is 15.9 Å². The van der Waals surface area contributed by atoms with E-state index >= 15 is 0 Å². The Balaban J connectivity index is 2.50. The van der Waals surface area contributed by atoms with Gasteiger partial charge in [-0.3, -0.25) is 4.79 Å². The highest BCUT2D eigenvalue weighted by molar-refractivity contribution is 9.10. The zero-order valence-corrected chi connectivity index (χ0v) is 10.3. The molecule has 1 rings (SSSR count). The van der Waals surface area contributed by atoms with Crippen molar-refractivity contribution in [1.29, 1.82) is 0 Å². The predicted molar refractivity (Wildman–Crippen MR) is 59.4 cm³/mol. The zero-order valence-electron chi connectivity index (χ0n) is 8.74. The summed E-state index contributed by atoms with van der Waals surface area (Å²) in [7, 11) is 0. The lowest BCUT2D eigenvalue weighted by atomic mass is 9.96. The van der Waals surface area contributed by atoms with Crippen molar-refractivity contribution in [3.63, 3.8) is 0 Å². The Kier molecular flexibility index (Phi) is 4.38. The van der Waals surface area contributed by atoms with Gasteiger partial charge in [0.05, 0.1) is 10.9 Å². The lowest BCUT2D eigenvalue weighted by Crippen LogP contribution is -2.47.